The minimum Gasteiger partial charge on any atom is -0.376 e. The lowest BCUT2D eigenvalue weighted by atomic mass is 9.86. The first-order valence-corrected chi connectivity index (χ1v) is 7.09. The number of halogens is 1. The summed E-state index contributed by atoms with van der Waals surface area (Å²) in [7, 11) is 1.71. The van der Waals surface area contributed by atoms with Crippen LogP contribution in [0, 0.1) is 0 Å². The largest absolute Gasteiger partial charge is 0.376 e. The number of nitrogens with one attached hydrogen (secondary N) is 1. The quantitative estimate of drug-likeness (QED) is 0.598. The van der Waals surface area contributed by atoms with Gasteiger partial charge in [0.2, 0.25) is 0 Å². The van der Waals surface area contributed by atoms with E-state index >= 15 is 0 Å². The van der Waals surface area contributed by atoms with Crippen molar-refractivity contribution in [2.75, 3.05) is 7.11 Å². The molecule has 0 spiro atoms. The van der Waals surface area contributed by atoms with E-state index < -0.39 is 5.60 Å². The van der Waals surface area contributed by atoms with Gasteiger partial charge < -0.3 is 4.74 Å². The number of rotatable bonds is 7. The third kappa shape index (κ3) is 2.94. The summed E-state index contributed by atoms with van der Waals surface area (Å²) >= 11 is 6.31. The van der Waals surface area contributed by atoms with Gasteiger partial charge in [-0.2, -0.15) is 5.10 Å². The number of hydrogen-bond donors (Lipinski definition) is 2. The molecule has 1 atom stereocenters. The van der Waals surface area contributed by atoms with Crippen LogP contribution in [0.1, 0.15) is 58.3 Å². The smallest absolute Gasteiger partial charge is 0.0933 e. The lowest BCUT2D eigenvalue weighted by Crippen LogP contribution is -2.48. The molecule has 0 aromatic carbocycles. The van der Waals surface area contributed by atoms with Crippen LogP contribution in [0.4, 0.5) is 0 Å². The van der Waals surface area contributed by atoms with Gasteiger partial charge in [0.25, 0.3) is 0 Å². The second-order valence-electron chi connectivity index (χ2n) is 4.99. The van der Waals surface area contributed by atoms with E-state index in [0.29, 0.717) is 5.02 Å². The molecule has 0 fully saturated rings. The van der Waals surface area contributed by atoms with E-state index in [1.54, 1.807) is 13.3 Å². The number of ether oxygens (including phenoxy) is 1. The van der Waals surface area contributed by atoms with E-state index in [1.165, 1.54) is 0 Å². The molecule has 0 radical (unpaired) electrons. The summed E-state index contributed by atoms with van der Waals surface area (Å²) in [6, 6.07) is 0.00604. The van der Waals surface area contributed by atoms with Gasteiger partial charge in [0.1, 0.15) is 0 Å². The molecule has 0 aliphatic carbocycles. The monoisotopic (exact) mass is 288 g/mol. The molecule has 6 heteroatoms. The first-order valence-electron chi connectivity index (χ1n) is 6.71. The Morgan fingerprint density at radius 3 is 2.42 bits per heavy atom. The normalized spacial score (nSPS) is 14.1. The first-order chi connectivity index (χ1) is 8.97. The molecular weight excluding hydrogens is 264 g/mol. The Hall–Kier alpha value is -0.620. The van der Waals surface area contributed by atoms with Crippen molar-refractivity contribution in [3.8, 4) is 0 Å². The Balaban J connectivity index is 3.34. The molecule has 0 aliphatic rings. The Bertz CT molecular complexity index is 393. The van der Waals surface area contributed by atoms with Crippen molar-refractivity contribution in [2.45, 2.75) is 58.2 Å². The molecular formula is C13H25ClN4O. The van der Waals surface area contributed by atoms with Crippen LogP contribution >= 0.6 is 11.6 Å². The summed E-state index contributed by atoms with van der Waals surface area (Å²) in [6.07, 6.45) is 3.32. The Morgan fingerprint density at radius 2 is 2.05 bits per heavy atom. The van der Waals surface area contributed by atoms with Crippen molar-refractivity contribution >= 4 is 11.6 Å². The average molecular weight is 289 g/mol. The fourth-order valence-electron chi connectivity index (χ4n) is 2.58. The molecule has 5 nitrogen and oxygen atoms in total. The average Bonchev–Trinajstić information content (AvgIpc) is 2.78. The zero-order valence-corrected chi connectivity index (χ0v) is 13.2. The molecule has 1 heterocycles. The number of hydrazine groups is 1. The Kier molecular flexibility index (Phi) is 5.80. The number of aromatic nitrogens is 2. The lowest BCUT2D eigenvalue weighted by molar-refractivity contribution is -0.0509. The maximum Gasteiger partial charge on any atom is 0.0933 e. The molecule has 0 bridgehead atoms. The molecule has 0 saturated carbocycles. The van der Waals surface area contributed by atoms with Crippen molar-refractivity contribution in [1.82, 2.24) is 15.2 Å². The lowest BCUT2D eigenvalue weighted by Gasteiger charge is -2.38. The maximum absolute atomic E-state index is 6.31. The molecule has 0 aliphatic heterocycles. The molecule has 110 valence electrons. The van der Waals surface area contributed by atoms with E-state index in [1.807, 2.05) is 4.68 Å². The highest BCUT2D eigenvalue weighted by Gasteiger charge is 2.39. The number of nitrogens with zero attached hydrogens (tertiary/aromatic N) is 2. The highest BCUT2D eigenvalue weighted by molar-refractivity contribution is 6.31. The van der Waals surface area contributed by atoms with Gasteiger partial charge in [-0.05, 0) is 26.7 Å². The first kappa shape index (κ1) is 16.4. The van der Waals surface area contributed by atoms with Crippen LogP contribution in [0.2, 0.25) is 5.02 Å². The summed E-state index contributed by atoms with van der Waals surface area (Å²) in [5.41, 5.74) is 3.35. The van der Waals surface area contributed by atoms with Gasteiger partial charge >= 0.3 is 0 Å². The minimum absolute atomic E-state index is 0.204. The Morgan fingerprint density at radius 1 is 1.47 bits per heavy atom. The van der Waals surface area contributed by atoms with Crippen LogP contribution in [-0.2, 0) is 4.74 Å². The zero-order chi connectivity index (χ0) is 14.6. The van der Waals surface area contributed by atoms with Crippen LogP contribution in [0.3, 0.4) is 0 Å². The van der Waals surface area contributed by atoms with Crippen LogP contribution in [0.5, 0.6) is 0 Å². The van der Waals surface area contributed by atoms with Gasteiger partial charge in [-0.25, -0.2) is 5.43 Å². The second kappa shape index (κ2) is 6.70. The van der Waals surface area contributed by atoms with Crippen molar-refractivity contribution in [3.05, 3.63) is 16.9 Å². The van der Waals surface area contributed by atoms with Gasteiger partial charge in [-0.3, -0.25) is 10.5 Å². The highest BCUT2D eigenvalue weighted by Crippen LogP contribution is 2.38. The third-order valence-corrected chi connectivity index (χ3v) is 4.14. The summed E-state index contributed by atoms with van der Waals surface area (Å²) in [5, 5.41) is 4.95. The zero-order valence-electron chi connectivity index (χ0n) is 12.4. The van der Waals surface area contributed by atoms with E-state index in [9.17, 15) is 0 Å². The van der Waals surface area contributed by atoms with E-state index in [2.05, 4.69) is 38.2 Å². The molecule has 1 unspecified atom stereocenters. The van der Waals surface area contributed by atoms with Crippen molar-refractivity contribution in [3.63, 3.8) is 0 Å². The standard InChI is InChI=1S/C13H25ClN4O/c1-6-13(7-2,19-5)12(17-15)11-10(14)8-16-18(11)9(3)4/h8-9,12,17H,6-7,15H2,1-5H3. The van der Waals surface area contributed by atoms with E-state index in [0.717, 1.165) is 18.5 Å². The van der Waals surface area contributed by atoms with Crippen LogP contribution in [0.15, 0.2) is 6.20 Å². The van der Waals surface area contributed by atoms with Gasteiger partial charge in [0.15, 0.2) is 0 Å². The van der Waals surface area contributed by atoms with Crippen LogP contribution < -0.4 is 11.3 Å². The Labute approximate surface area is 120 Å². The molecule has 0 saturated heterocycles. The van der Waals surface area contributed by atoms with Gasteiger partial charge in [0, 0.05) is 13.2 Å². The van der Waals surface area contributed by atoms with Crippen molar-refractivity contribution in [1.29, 1.82) is 0 Å². The SMILES string of the molecule is CCC(CC)(OC)C(NN)c1c(Cl)cnn1C(C)C. The van der Waals surface area contributed by atoms with Gasteiger partial charge in [0.05, 0.1) is 28.6 Å². The second-order valence-corrected chi connectivity index (χ2v) is 5.40. The summed E-state index contributed by atoms with van der Waals surface area (Å²) in [6.45, 7) is 8.29. The molecule has 19 heavy (non-hydrogen) atoms. The predicted octanol–water partition coefficient (Wildman–Crippen LogP) is 2.83. The van der Waals surface area contributed by atoms with Crippen molar-refractivity contribution < 1.29 is 4.74 Å². The summed E-state index contributed by atoms with van der Waals surface area (Å²) < 4.78 is 7.66. The topological polar surface area (TPSA) is 65.1 Å². The number of methoxy groups -OCH3 is 1. The van der Waals surface area contributed by atoms with E-state index in [4.69, 9.17) is 22.2 Å². The van der Waals surface area contributed by atoms with Gasteiger partial charge in [-0.1, -0.05) is 25.4 Å². The highest BCUT2D eigenvalue weighted by atomic mass is 35.5. The predicted molar refractivity (Wildman–Crippen MR) is 78.0 cm³/mol. The van der Waals surface area contributed by atoms with Crippen LogP contribution in [0.25, 0.3) is 0 Å². The molecule has 0 amide bonds. The fraction of sp³-hybridized carbons (Fsp3) is 0.769. The maximum atomic E-state index is 6.31. The third-order valence-electron chi connectivity index (χ3n) is 3.85. The molecule has 1 aromatic heterocycles. The van der Waals surface area contributed by atoms with Gasteiger partial charge in [-0.15, -0.1) is 0 Å². The molecule has 1 aromatic rings. The summed E-state index contributed by atoms with van der Waals surface area (Å²) in [5.74, 6) is 5.78. The minimum atomic E-state index is -0.398. The molecule has 1 rings (SSSR count). The van der Waals surface area contributed by atoms with Crippen LogP contribution in [-0.4, -0.2) is 22.5 Å². The fourth-order valence-corrected chi connectivity index (χ4v) is 2.82. The molecule has 3 N–H and O–H groups in total. The van der Waals surface area contributed by atoms with Crippen molar-refractivity contribution in [2.24, 2.45) is 5.84 Å². The number of hydrogen-bond acceptors (Lipinski definition) is 4. The number of nitrogens with two attached hydrogens (primary N) is 1. The summed E-state index contributed by atoms with van der Waals surface area (Å²) in [4.78, 5) is 0. The van der Waals surface area contributed by atoms with E-state index in [-0.39, 0.29) is 12.1 Å².